The van der Waals surface area contributed by atoms with E-state index in [1.165, 1.54) is 0 Å². The van der Waals surface area contributed by atoms with Crippen LogP contribution in [0.3, 0.4) is 0 Å². The Morgan fingerprint density at radius 3 is 2.20 bits per heavy atom. The molecular formula is C47H62N8O5. The number of nitrogens with one attached hydrogen (secondary N) is 3. The van der Waals surface area contributed by atoms with E-state index in [-0.39, 0.29) is 17.4 Å². The van der Waals surface area contributed by atoms with Gasteiger partial charge in [-0.25, -0.2) is 19.6 Å². The van der Waals surface area contributed by atoms with Gasteiger partial charge in [0.15, 0.2) is 0 Å². The first-order valence-corrected chi connectivity index (χ1v) is 21.1. The van der Waals surface area contributed by atoms with Crippen LogP contribution in [0, 0.1) is 18.3 Å². The van der Waals surface area contributed by atoms with E-state index in [0.29, 0.717) is 30.5 Å². The molecule has 60 heavy (non-hydrogen) atoms. The van der Waals surface area contributed by atoms with Crippen molar-refractivity contribution in [1.82, 2.24) is 25.1 Å². The predicted octanol–water partition coefficient (Wildman–Crippen LogP) is 8.63. The van der Waals surface area contributed by atoms with Gasteiger partial charge in [-0.2, -0.15) is 0 Å². The number of pyridine rings is 2. The maximum absolute atomic E-state index is 13.4. The average molecular weight is 819 g/mol. The number of hydrogen-bond acceptors (Lipinski definition) is 10. The molecule has 4 aromatic rings. The Bertz CT molecular complexity index is 2050. The second-order valence-corrected chi connectivity index (χ2v) is 18.2. The standard InChI is InChI=1S/C47H62N8O5/c1-33-27-37(51-43(56)40(29-46(2,3)4)52-44(57)60-47(5,6)7)13-15-39(33)36-17-20-48-41(28-36)50-38-14-16-42(49-30-38)54-25-23-53(24-26-54)31-34-18-21-55(22-19-34)45(58)59-32-35-11-9-8-10-12-35/h8-17,20,27-28,30,34,40H,18-19,21-26,29,31-32H2,1-7H3,(H,48,50)(H,51,56)(H,52,57)/t40-/m1/s1. The van der Waals surface area contributed by atoms with Crippen molar-refractivity contribution in [2.75, 3.05) is 61.3 Å². The maximum Gasteiger partial charge on any atom is 0.410 e. The van der Waals surface area contributed by atoms with Crippen molar-refractivity contribution in [2.45, 2.75) is 86.0 Å². The molecule has 320 valence electrons. The van der Waals surface area contributed by atoms with Crippen molar-refractivity contribution in [1.29, 1.82) is 0 Å². The van der Waals surface area contributed by atoms with E-state index in [4.69, 9.17) is 14.5 Å². The summed E-state index contributed by atoms with van der Waals surface area (Å²) < 4.78 is 11.0. The van der Waals surface area contributed by atoms with Crippen LogP contribution < -0.4 is 20.9 Å². The second-order valence-electron chi connectivity index (χ2n) is 18.2. The fourth-order valence-corrected chi connectivity index (χ4v) is 7.66. The molecular weight excluding hydrogens is 757 g/mol. The average Bonchev–Trinajstić information content (AvgIpc) is 3.20. The van der Waals surface area contributed by atoms with Gasteiger partial charge in [0.1, 0.15) is 29.9 Å². The molecule has 3 N–H and O–H groups in total. The van der Waals surface area contributed by atoms with Gasteiger partial charge in [-0.15, -0.1) is 0 Å². The lowest BCUT2D eigenvalue weighted by atomic mass is 9.87. The summed E-state index contributed by atoms with van der Waals surface area (Å²) in [6, 6.07) is 22.9. The van der Waals surface area contributed by atoms with E-state index in [2.05, 4.69) is 36.8 Å². The molecule has 0 saturated carbocycles. The molecule has 2 aliphatic rings. The lowest BCUT2D eigenvalue weighted by molar-refractivity contribution is -0.118. The van der Waals surface area contributed by atoms with Crippen molar-refractivity contribution in [3.8, 4) is 11.1 Å². The molecule has 2 fully saturated rings. The second kappa shape index (κ2) is 19.6. The van der Waals surface area contributed by atoms with Crippen LogP contribution in [0.4, 0.5) is 32.6 Å². The van der Waals surface area contributed by atoms with Crippen LogP contribution in [0.2, 0.25) is 0 Å². The van der Waals surface area contributed by atoms with E-state index < -0.39 is 17.7 Å². The molecule has 0 aliphatic carbocycles. The Morgan fingerprint density at radius 1 is 0.833 bits per heavy atom. The number of likely N-dealkylation sites (tertiary alicyclic amines) is 1. The summed E-state index contributed by atoms with van der Waals surface area (Å²) in [6.07, 6.45) is 5.22. The van der Waals surface area contributed by atoms with E-state index in [0.717, 1.165) is 92.4 Å². The Labute approximate surface area is 355 Å². The molecule has 13 nitrogen and oxygen atoms in total. The van der Waals surface area contributed by atoms with Gasteiger partial charge in [0, 0.05) is 57.7 Å². The van der Waals surface area contributed by atoms with E-state index in [9.17, 15) is 14.4 Å². The molecule has 4 heterocycles. The number of anilines is 4. The Morgan fingerprint density at radius 2 is 1.55 bits per heavy atom. The molecule has 0 radical (unpaired) electrons. The Kier molecular flexibility index (Phi) is 14.3. The number of benzene rings is 2. The highest BCUT2D eigenvalue weighted by Gasteiger charge is 2.30. The summed E-state index contributed by atoms with van der Waals surface area (Å²) in [6.45, 7) is 20.1. The van der Waals surface area contributed by atoms with Crippen molar-refractivity contribution in [3.63, 3.8) is 0 Å². The number of nitrogens with zero attached hydrogens (tertiary/aromatic N) is 5. The fraction of sp³-hybridized carbons (Fsp3) is 0.468. The number of aryl methyl sites for hydroxylation is 1. The van der Waals surface area contributed by atoms with Crippen molar-refractivity contribution < 1.29 is 23.9 Å². The van der Waals surface area contributed by atoms with Gasteiger partial charge in [-0.1, -0.05) is 57.2 Å². The molecule has 6 rings (SSSR count). The number of piperidine rings is 1. The molecule has 2 aromatic carbocycles. The number of rotatable bonds is 12. The Hall–Kier alpha value is -5.69. The van der Waals surface area contributed by atoms with Gasteiger partial charge in [0.2, 0.25) is 5.91 Å². The molecule has 1 atom stereocenters. The zero-order chi connectivity index (χ0) is 42.9. The smallest absolute Gasteiger partial charge is 0.410 e. The molecule has 2 saturated heterocycles. The van der Waals surface area contributed by atoms with E-state index in [1.54, 1.807) is 27.0 Å². The van der Waals surface area contributed by atoms with Crippen LogP contribution in [-0.4, -0.2) is 95.3 Å². The summed E-state index contributed by atoms with van der Waals surface area (Å²) >= 11 is 0. The summed E-state index contributed by atoms with van der Waals surface area (Å²) in [4.78, 5) is 54.7. The lowest BCUT2D eigenvalue weighted by Crippen LogP contribution is -2.49. The third-order valence-electron chi connectivity index (χ3n) is 10.7. The number of carbonyl (C=O) groups is 3. The summed E-state index contributed by atoms with van der Waals surface area (Å²) in [5.74, 6) is 1.93. The number of ether oxygens (including phenoxy) is 2. The highest BCUT2D eigenvalue weighted by atomic mass is 16.6. The monoisotopic (exact) mass is 818 g/mol. The fourth-order valence-electron chi connectivity index (χ4n) is 7.66. The zero-order valence-corrected chi connectivity index (χ0v) is 36.3. The first-order chi connectivity index (χ1) is 28.6. The van der Waals surface area contributed by atoms with Crippen LogP contribution in [0.15, 0.2) is 85.2 Å². The Balaban J connectivity index is 0.960. The topological polar surface area (TPSA) is 141 Å². The number of piperazine rings is 1. The first-order valence-electron chi connectivity index (χ1n) is 21.1. The van der Waals surface area contributed by atoms with Crippen molar-refractivity contribution in [3.05, 3.63) is 96.3 Å². The molecule has 13 heteroatoms. The minimum atomic E-state index is -0.764. The van der Waals surface area contributed by atoms with Gasteiger partial charge in [0.25, 0.3) is 0 Å². The quantitative estimate of drug-likeness (QED) is 0.127. The largest absolute Gasteiger partial charge is 0.445 e. The van der Waals surface area contributed by atoms with E-state index >= 15 is 0 Å². The summed E-state index contributed by atoms with van der Waals surface area (Å²) in [7, 11) is 0. The van der Waals surface area contributed by atoms with Crippen molar-refractivity contribution in [2.24, 2.45) is 11.3 Å². The van der Waals surface area contributed by atoms with Gasteiger partial charge < -0.3 is 35.2 Å². The SMILES string of the molecule is Cc1cc(NC(=O)[C@@H](CC(C)(C)C)NC(=O)OC(C)(C)C)ccc1-c1ccnc(Nc2ccc(N3CCN(CC4CCN(C(=O)OCc5ccccc5)CC4)CC3)nc2)c1. The minimum Gasteiger partial charge on any atom is -0.445 e. The number of alkyl carbamates (subject to hydrolysis) is 1. The maximum atomic E-state index is 13.4. The molecule has 0 unspecified atom stereocenters. The van der Waals surface area contributed by atoms with Crippen LogP contribution in [0.5, 0.6) is 0 Å². The molecule has 3 amide bonds. The van der Waals surface area contributed by atoms with Gasteiger partial charge in [0.05, 0.1) is 11.9 Å². The lowest BCUT2D eigenvalue weighted by Gasteiger charge is -2.39. The van der Waals surface area contributed by atoms with Crippen LogP contribution >= 0.6 is 0 Å². The molecule has 0 spiro atoms. The number of aromatic nitrogens is 2. The molecule has 2 aliphatic heterocycles. The third-order valence-corrected chi connectivity index (χ3v) is 10.7. The predicted molar refractivity (Wildman–Crippen MR) is 237 cm³/mol. The summed E-state index contributed by atoms with van der Waals surface area (Å²) in [5, 5.41) is 9.16. The van der Waals surface area contributed by atoms with Gasteiger partial charge >= 0.3 is 12.2 Å². The van der Waals surface area contributed by atoms with Crippen LogP contribution in [0.25, 0.3) is 11.1 Å². The number of hydrogen-bond donors (Lipinski definition) is 3. The number of carbonyl (C=O) groups excluding carboxylic acids is 3. The third kappa shape index (κ3) is 13.2. The van der Waals surface area contributed by atoms with Crippen LogP contribution in [-0.2, 0) is 20.9 Å². The number of amides is 3. The zero-order valence-electron chi connectivity index (χ0n) is 36.3. The first kappa shape index (κ1) is 43.9. The van der Waals surface area contributed by atoms with E-state index in [1.807, 2.05) is 106 Å². The molecule has 0 bridgehead atoms. The van der Waals surface area contributed by atoms with Crippen LogP contribution in [0.1, 0.15) is 71.9 Å². The molecule has 2 aromatic heterocycles. The normalized spacial score (nSPS) is 15.8. The highest BCUT2D eigenvalue weighted by molar-refractivity contribution is 5.97. The van der Waals surface area contributed by atoms with Gasteiger partial charge in [-0.3, -0.25) is 9.69 Å². The highest BCUT2D eigenvalue weighted by Crippen LogP contribution is 2.30. The summed E-state index contributed by atoms with van der Waals surface area (Å²) in [5.41, 5.74) is 4.58. The van der Waals surface area contributed by atoms with Gasteiger partial charge in [-0.05, 0) is 117 Å². The van der Waals surface area contributed by atoms with Crippen molar-refractivity contribution >= 4 is 41.1 Å². The minimum absolute atomic E-state index is 0.205.